The quantitative estimate of drug-likeness (QED) is 0.603. The third-order valence-electron chi connectivity index (χ3n) is 4.71. The van der Waals surface area contributed by atoms with E-state index >= 15 is 0 Å². The molecule has 0 saturated heterocycles. The fraction of sp³-hybridized carbons (Fsp3) is 0.400. The van der Waals surface area contributed by atoms with Gasteiger partial charge in [0.1, 0.15) is 5.60 Å². The maximum Gasteiger partial charge on any atom is 0.409 e. The topological polar surface area (TPSA) is 39.4 Å². The minimum absolute atomic E-state index is 0.301. The van der Waals surface area contributed by atoms with Crippen LogP contribution in [0.5, 0.6) is 0 Å². The van der Waals surface area contributed by atoms with Crippen molar-refractivity contribution in [1.82, 2.24) is 0 Å². The van der Waals surface area contributed by atoms with Gasteiger partial charge in [0.25, 0.3) is 0 Å². The second-order valence-electron chi connectivity index (χ2n) is 6.30. The maximum absolute atomic E-state index is 12.7. The van der Waals surface area contributed by atoms with Crippen LogP contribution in [0.4, 0.5) is 0 Å². The first-order valence-corrected chi connectivity index (χ1v) is 8.64. The van der Waals surface area contributed by atoms with Gasteiger partial charge in [-0.25, -0.2) is 4.79 Å². The van der Waals surface area contributed by atoms with Crippen molar-refractivity contribution < 1.29 is 19.1 Å². The number of rotatable bonds is 6. The van der Waals surface area contributed by atoms with Gasteiger partial charge in [0, 0.05) is 16.9 Å². The van der Waals surface area contributed by atoms with E-state index in [1.807, 2.05) is 42.5 Å². The van der Waals surface area contributed by atoms with E-state index in [9.17, 15) is 4.79 Å². The zero-order chi connectivity index (χ0) is 16.8. The van der Waals surface area contributed by atoms with Crippen molar-refractivity contribution in [2.75, 3.05) is 0 Å². The summed E-state index contributed by atoms with van der Waals surface area (Å²) in [7, 11) is 0. The fourth-order valence-electron chi connectivity index (χ4n) is 3.21. The van der Waals surface area contributed by atoms with E-state index < -0.39 is 0 Å². The molecule has 0 aliphatic heterocycles. The number of pyridine rings is 1. The van der Waals surface area contributed by atoms with Crippen LogP contribution in [-0.2, 0) is 11.3 Å². The van der Waals surface area contributed by atoms with E-state index in [0.29, 0.717) is 12.3 Å². The zero-order valence-corrected chi connectivity index (χ0v) is 14.1. The van der Waals surface area contributed by atoms with Crippen molar-refractivity contribution in [3.63, 3.8) is 0 Å². The molecule has 0 unspecified atom stereocenters. The molecule has 1 aliphatic carbocycles. The van der Waals surface area contributed by atoms with Gasteiger partial charge in [-0.3, -0.25) is 4.84 Å². The second kappa shape index (κ2) is 7.47. The predicted octanol–water partition coefficient (Wildman–Crippen LogP) is 3.48. The van der Waals surface area contributed by atoms with Gasteiger partial charge in [0.15, 0.2) is 6.61 Å². The van der Waals surface area contributed by atoms with Crippen LogP contribution in [0.25, 0.3) is 0 Å². The summed E-state index contributed by atoms with van der Waals surface area (Å²) in [5.41, 5.74) is 1.17. The molecular weight excluding hydrogens is 302 g/mol. The van der Waals surface area contributed by atoms with E-state index in [0.717, 1.165) is 37.7 Å². The number of esters is 1. The van der Waals surface area contributed by atoms with Crippen LogP contribution in [0.3, 0.4) is 0 Å². The van der Waals surface area contributed by atoms with Crippen LogP contribution in [0.2, 0.25) is 0 Å². The lowest BCUT2D eigenvalue weighted by atomic mass is 9.99. The summed E-state index contributed by atoms with van der Waals surface area (Å²) in [5, 5.41) is 0. The maximum atomic E-state index is 12.7. The van der Waals surface area contributed by atoms with E-state index in [1.54, 1.807) is 12.3 Å². The minimum Gasteiger partial charge on any atom is -0.451 e. The fourth-order valence-corrected chi connectivity index (χ4v) is 3.21. The molecule has 0 bridgehead atoms. The Labute approximate surface area is 143 Å². The Morgan fingerprint density at radius 1 is 1.08 bits per heavy atom. The molecule has 1 heterocycles. The Bertz CT molecular complexity index is 678. The van der Waals surface area contributed by atoms with Crippen molar-refractivity contribution >= 4 is 5.97 Å². The summed E-state index contributed by atoms with van der Waals surface area (Å²) in [5.74, 6) is -0.313. The highest BCUT2D eigenvalue weighted by Crippen LogP contribution is 2.36. The summed E-state index contributed by atoms with van der Waals surface area (Å²) in [4.78, 5) is 18.5. The number of carbonyl (C=O) groups excluding carboxylic acids is 1. The molecule has 1 aromatic heterocycles. The molecule has 2 aromatic rings. The van der Waals surface area contributed by atoms with Crippen molar-refractivity contribution in [2.24, 2.45) is 0 Å². The number of ether oxygens (including phenoxy) is 1. The highest BCUT2D eigenvalue weighted by Gasteiger charge is 2.38. The summed E-state index contributed by atoms with van der Waals surface area (Å²) >= 11 is 0. The second-order valence-corrected chi connectivity index (χ2v) is 6.30. The summed E-state index contributed by atoms with van der Waals surface area (Å²) < 4.78 is 7.39. The van der Waals surface area contributed by atoms with E-state index in [2.05, 4.69) is 6.92 Å². The van der Waals surface area contributed by atoms with E-state index in [4.69, 9.17) is 9.57 Å². The number of nitrogens with zero attached hydrogens (tertiary/aromatic N) is 1. The van der Waals surface area contributed by atoms with Gasteiger partial charge in [0.05, 0.1) is 0 Å². The number of hydrogen-bond acceptors (Lipinski definition) is 3. The number of aromatic nitrogens is 1. The molecule has 1 aliphatic rings. The van der Waals surface area contributed by atoms with Gasteiger partial charge in [-0.05, 0) is 43.7 Å². The number of hydrogen-bond donors (Lipinski definition) is 0. The van der Waals surface area contributed by atoms with E-state index in [1.165, 1.54) is 4.73 Å². The van der Waals surface area contributed by atoms with Gasteiger partial charge >= 0.3 is 11.7 Å². The molecule has 1 saturated carbocycles. The summed E-state index contributed by atoms with van der Waals surface area (Å²) in [6.07, 6.45) is 6.75. The first kappa shape index (κ1) is 16.5. The van der Waals surface area contributed by atoms with Crippen LogP contribution in [0, 0.1) is 0 Å². The molecule has 3 rings (SSSR count). The summed E-state index contributed by atoms with van der Waals surface area (Å²) in [6, 6.07) is 15.3. The average molecular weight is 326 g/mol. The Kier molecular flexibility index (Phi) is 5.14. The highest BCUT2D eigenvalue weighted by molar-refractivity contribution is 5.85. The summed E-state index contributed by atoms with van der Waals surface area (Å²) in [6.45, 7) is 2.48. The lowest BCUT2D eigenvalue weighted by Crippen LogP contribution is -2.48. The molecule has 0 radical (unpaired) electrons. The first-order valence-electron chi connectivity index (χ1n) is 8.64. The Morgan fingerprint density at radius 2 is 1.79 bits per heavy atom. The van der Waals surface area contributed by atoms with Crippen molar-refractivity contribution in [2.45, 2.75) is 51.2 Å². The predicted molar refractivity (Wildman–Crippen MR) is 90.3 cm³/mol. The largest absolute Gasteiger partial charge is 0.451 e. The van der Waals surface area contributed by atoms with Crippen LogP contribution in [0.1, 0.15) is 55.1 Å². The van der Waals surface area contributed by atoms with Crippen molar-refractivity contribution in [3.8, 4) is 0 Å². The highest BCUT2D eigenvalue weighted by atomic mass is 16.7. The molecule has 4 nitrogen and oxygen atoms in total. The Morgan fingerprint density at radius 3 is 2.50 bits per heavy atom. The first-order chi connectivity index (χ1) is 11.7. The molecule has 24 heavy (non-hydrogen) atoms. The van der Waals surface area contributed by atoms with Crippen LogP contribution >= 0.6 is 0 Å². The average Bonchev–Trinajstić information content (AvgIpc) is 3.10. The lowest BCUT2D eigenvalue weighted by Gasteiger charge is -2.26. The minimum atomic E-state index is -0.313. The van der Waals surface area contributed by atoms with Crippen LogP contribution in [0.15, 0.2) is 54.7 Å². The number of carbonyl (C=O) groups is 1. The van der Waals surface area contributed by atoms with Gasteiger partial charge in [0.2, 0.25) is 6.20 Å². The van der Waals surface area contributed by atoms with E-state index in [-0.39, 0.29) is 11.6 Å². The van der Waals surface area contributed by atoms with Gasteiger partial charge in [-0.15, -0.1) is 0 Å². The molecule has 4 heteroatoms. The molecule has 1 aromatic carbocycles. The molecule has 0 spiro atoms. The molecule has 1 fully saturated rings. The third-order valence-corrected chi connectivity index (χ3v) is 4.71. The Hall–Kier alpha value is -2.36. The molecule has 126 valence electrons. The van der Waals surface area contributed by atoms with Crippen LogP contribution < -0.4 is 9.57 Å². The van der Waals surface area contributed by atoms with Gasteiger partial charge in [-0.1, -0.05) is 37.3 Å². The number of benzene rings is 1. The smallest absolute Gasteiger partial charge is 0.409 e. The van der Waals surface area contributed by atoms with Gasteiger partial charge < -0.3 is 4.74 Å². The van der Waals surface area contributed by atoms with Gasteiger partial charge in [-0.2, -0.15) is 0 Å². The zero-order valence-electron chi connectivity index (χ0n) is 14.1. The molecular formula is C20H24NO3+. The van der Waals surface area contributed by atoms with Crippen molar-refractivity contribution in [3.05, 3.63) is 66.0 Å². The Balaban J connectivity index is 1.72. The SMILES string of the molecule is CCC1(OC(=O)c2cccc[n+]2OCc2ccccc2)CCCC1. The van der Waals surface area contributed by atoms with Crippen LogP contribution in [-0.4, -0.2) is 11.6 Å². The lowest BCUT2D eigenvalue weighted by molar-refractivity contribution is -0.896. The third kappa shape index (κ3) is 3.75. The van der Waals surface area contributed by atoms with Crippen molar-refractivity contribution in [1.29, 1.82) is 0 Å². The molecule has 0 atom stereocenters. The molecule has 0 amide bonds. The standard InChI is InChI=1S/C20H24NO3/c1-2-20(13-7-8-14-20)24-19(22)18-12-6-9-15-21(18)23-16-17-10-4-3-5-11-17/h3-6,9-12,15H,2,7-8,13-14,16H2,1H3/q+1. The monoisotopic (exact) mass is 326 g/mol. The molecule has 0 N–H and O–H groups in total. The normalized spacial score (nSPS) is 15.9.